The molecule has 0 heterocycles. The third-order valence-corrected chi connectivity index (χ3v) is 1.45. The first-order chi connectivity index (χ1) is 6.02. The summed E-state index contributed by atoms with van der Waals surface area (Å²) in [7, 11) is 0. The third kappa shape index (κ3) is 8.92. The Bertz CT molecular complexity index is 188. The van der Waals surface area contributed by atoms with Gasteiger partial charge in [0, 0.05) is 6.54 Å². The Kier molecular flexibility index (Phi) is 6.02. The molecule has 0 spiro atoms. The van der Waals surface area contributed by atoms with E-state index in [-0.39, 0.29) is 0 Å². The van der Waals surface area contributed by atoms with Crippen LogP contribution in [0.5, 0.6) is 0 Å². The van der Waals surface area contributed by atoms with E-state index in [0.29, 0.717) is 18.4 Å². The highest BCUT2D eigenvalue weighted by atomic mass is 15.1. The maximum absolute atomic E-state index is 5.62. The van der Waals surface area contributed by atoms with E-state index in [4.69, 9.17) is 5.73 Å². The number of hydrogen-bond acceptors (Lipinski definition) is 1. The molecule has 0 aliphatic rings. The van der Waals surface area contributed by atoms with E-state index in [1.807, 2.05) is 19.9 Å². The minimum atomic E-state index is 0.534. The monoisotopic (exact) mass is 183 g/mol. The van der Waals surface area contributed by atoms with Crippen LogP contribution in [0.3, 0.4) is 0 Å². The molecule has 0 saturated carbocycles. The van der Waals surface area contributed by atoms with Crippen LogP contribution in [0.15, 0.2) is 16.6 Å². The number of hydrogen-bond donors (Lipinski definition) is 2. The molecule has 0 atom stereocenters. The Hall–Kier alpha value is -0.990. The molecule has 3 nitrogen and oxygen atoms in total. The highest BCUT2D eigenvalue weighted by molar-refractivity contribution is 5.77. The van der Waals surface area contributed by atoms with Crippen LogP contribution in [0.2, 0.25) is 0 Å². The molecule has 0 aromatic rings. The molecule has 0 rings (SSSR count). The standard InChI is InChI=1S/C10H21N3/c1-8(2)5-6-12-10(11)13-7-9(3)4/h5,9H,6-7H2,1-4H3,(H3,11,12,13). The largest absolute Gasteiger partial charge is 0.370 e. The highest BCUT2D eigenvalue weighted by Gasteiger charge is 1.93. The Morgan fingerprint density at radius 3 is 2.54 bits per heavy atom. The number of nitrogens with one attached hydrogen (secondary N) is 1. The molecule has 0 amide bonds. The van der Waals surface area contributed by atoms with Crippen molar-refractivity contribution in [2.75, 3.05) is 13.1 Å². The molecule has 13 heavy (non-hydrogen) atoms. The van der Waals surface area contributed by atoms with E-state index in [1.165, 1.54) is 5.57 Å². The van der Waals surface area contributed by atoms with Crippen molar-refractivity contribution in [1.29, 1.82) is 0 Å². The van der Waals surface area contributed by atoms with Crippen LogP contribution in [-0.4, -0.2) is 19.0 Å². The zero-order valence-electron chi connectivity index (χ0n) is 9.09. The number of guanidine groups is 1. The average molecular weight is 183 g/mol. The summed E-state index contributed by atoms with van der Waals surface area (Å²) in [4.78, 5) is 4.14. The topological polar surface area (TPSA) is 50.4 Å². The van der Waals surface area contributed by atoms with Gasteiger partial charge in [-0.1, -0.05) is 25.5 Å². The van der Waals surface area contributed by atoms with Crippen LogP contribution in [0.1, 0.15) is 27.7 Å². The van der Waals surface area contributed by atoms with Crippen molar-refractivity contribution in [3.8, 4) is 0 Å². The minimum absolute atomic E-state index is 0.534. The number of rotatable bonds is 4. The van der Waals surface area contributed by atoms with E-state index >= 15 is 0 Å². The van der Waals surface area contributed by atoms with Crippen LogP contribution in [0, 0.1) is 5.92 Å². The third-order valence-electron chi connectivity index (χ3n) is 1.45. The lowest BCUT2D eigenvalue weighted by Gasteiger charge is -2.06. The molecule has 0 saturated heterocycles. The molecule has 0 fully saturated rings. The summed E-state index contributed by atoms with van der Waals surface area (Å²) in [5.74, 6) is 1.13. The number of nitrogens with zero attached hydrogens (tertiary/aromatic N) is 1. The molecular formula is C10H21N3. The van der Waals surface area contributed by atoms with E-state index in [9.17, 15) is 0 Å². The molecule has 76 valence electrons. The van der Waals surface area contributed by atoms with Gasteiger partial charge in [-0.15, -0.1) is 0 Å². The Labute approximate surface area is 81.1 Å². The van der Waals surface area contributed by atoms with Gasteiger partial charge in [-0.25, -0.2) is 4.99 Å². The predicted molar refractivity (Wildman–Crippen MR) is 58.8 cm³/mol. The van der Waals surface area contributed by atoms with Gasteiger partial charge in [0.05, 0.1) is 6.54 Å². The zero-order valence-corrected chi connectivity index (χ0v) is 9.09. The summed E-state index contributed by atoms with van der Waals surface area (Å²) in [6.45, 7) is 9.91. The molecule has 3 heteroatoms. The lowest BCUT2D eigenvalue weighted by Crippen LogP contribution is -2.34. The molecule has 0 unspecified atom stereocenters. The van der Waals surface area contributed by atoms with Gasteiger partial charge in [0.25, 0.3) is 0 Å². The fourth-order valence-corrected chi connectivity index (χ4v) is 0.691. The second kappa shape index (κ2) is 6.52. The van der Waals surface area contributed by atoms with Crippen LogP contribution >= 0.6 is 0 Å². The second-order valence-electron chi connectivity index (χ2n) is 3.78. The van der Waals surface area contributed by atoms with Crippen molar-refractivity contribution in [3.05, 3.63) is 11.6 Å². The predicted octanol–water partition coefficient (Wildman–Crippen LogP) is 1.51. The minimum Gasteiger partial charge on any atom is -0.370 e. The van der Waals surface area contributed by atoms with Crippen molar-refractivity contribution in [1.82, 2.24) is 5.32 Å². The van der Waals surface area contributed by atoms with E-state index in [0.717, 1.165) is 6.54 Å². The molecule has 0 bridgehead atoms. The second-order valence-corrected chi connectivity index (χ2v) is 3.78. The van der Waals surface area contributed by atoms with Crippen molar-refractivity contribution >= 4 is 5.96 Å². The Morgan fingerprint density at radius 1 is 1.46 bits per heavy atom. The van der Waals surface area contributed by atoms with Gasteiger partial charge in [0.15, 0.2) is 5.96 Å². The molecule has 3 N–H and O–H groups in total. The smallest absolute Gasteiger partial charge is 0.188 e. The van der Waals surface area contributed by atoms with Gasteiger partial charge in [-0.3, -0.25) is 0 Å². The van der Waals surface area contributed by atoms with Gasteiger partial charge in [-0.2, -0.15) is 0 Å². The van der Waals surface area contributed by atoms with E-state index in [1.54, 1.807) is 0 Å². The molecule has 0 aromatic carbocycles. The summed E-state index contributed by atoms with van der Waals surface area (Å²) in [6, 6.07) is 0. The Morgan fingerprint density at radius 2 is 2.08 bits per heavy atom. The molecule has 0 aliphatic heterocycles. The van der Waals surface area contributed by atoms with Crippen molar-refractivity contribution < 1.29 is 0 Å². The van der Waals surface area contributed by atoms with Gasteiger partial charge >= 0.3 is 0 Å². The van der Waals surface area contributed by atoms with Gasteiger partial charge in [0.1, 0.15) is 0 Å². The summed E-state index contributed by atoms with van der Waals surface area (Å²) < 4.78 is 0. The van der Waals surface area contributed by atoms with E-state index in [2.05, 4.69) is 24.2 Å². The van der Waals surface area contributed by atoms with Crippen molar-refractivity contribution in [3.63, 3.8) is 0 Å². The van der Waals surface area contributed by atoms with Crippen LogP contribution in [0.25, 0.3) is 0 Å². The van der Waals surface area contributed by atoms with Gasteiger partial charge < -0.3 is 11.1 Å². The highest BCUT2D eigenvalue weighted by Crippen LogP contribution is 1.88. The number of allylic oxidation sites excluding steroid dienone is 1. The normalized spacial score (nSPS) is 11.6. The lowest BCUT2D eigenvalue weighted by atomic mass is 10.2. The fraction of sp³-hybridized carbons (Fsp3) is 0.700. The molecular weight excluding hydrogens is 162 g/mol. The first-order valence-corrected chi connectivity index (χ1v) is 4.69. The quantitative estimate of drug-likeness (QED) is 0.394. The molecule has 0 aromatic heterocycles. The summed E-state index contributed by atoms with van der Waals surface area (Å²) in [5, 5.41) is 3.05. The maximum atomic E-state index is 5.62. The number of aliphatic imine (C=N–C) groups is 1. The van der Waals surface area contributed by atoms with Crippen LogP contribution < -0.4 is 11.1 Å². The van der Waals surface area contributed by atoms with Crippen molar-refractivity contribution in [2.45, 2.75) is 27.7 Å². The summed E-state index contributed by atoms with van der Waals surface area (Å²) >= 11 is 0. The SMILES string of the molecule is CC(C)=CCN=C(N)NCC(C)C. The molecule has 0 aliphatic carbocycles. The first kappa shape index (κ1) is 12.0. The van der Waals surface area contributed by atoms with Crippen molar-refractivity contribution in [2.24, 2.45) is 16.6 Å². The summed E-state index contributed by atoms with van der Waals surface area (Å²) in [5.41, 5.74) is 6.88. The lowest BCUT2D eigenvalue weighted by molar-refractivity contribution is 0.622. The first-order valence-electron chi connectivity index (χ1n) is 4.69. The van der Waals surface area contributed by atoms with Crippen LogP contribution in [0.4, 0.5) is 0 Å². The van der Waals surface area contributed by atoms with Crippen LogP contribution in [-0.2, 0) is 0 Å². The Balaban J connectivity index is 3.69. The van der Waals surface area contributed by atoms with E-state index < -0.39 is 0 Å². The average Bonchev–Trinajstić information content (AvgIpc) is 2.00. The van der Waals surface area contributed by atoms with Gasteiger partial charge in [-0.05, 0) is 19.8 Å². The number of nitrogens with two attached hydrogens (primary N) is 1. The fourth-order valence-electron chi connectivity index (χ4n) is 0.691. The summed E-state index contributed by atoms with van der Waals surface area (Å²) in [6.07, 6.45) is 2.05. The molecule has 0 radical (unpaired) electrons. The zero-order chi connectivity index (χ0) is 10.3. The maximum Gasteiger partial charge on any atom is 0.188 e. The van der Waals surface area contributed by atoms with Gasteiger partial charge in [0.2, 0.25) is 0 Å².